The van der Waals surface area contributed by atoms with Gasteiger partial charge in [-0.15, -0.1) is 11.3 Å². The van der Waals surface area contributed by atoms with Crippen molar-refractivity contribution in [2.24, 2.45) is 5.73 Å². The van der Waals surface area contributed by atoms with Gasteiger partial charge >= 0.3 is 0 Å². The molecule has 0 amide bonds. The fourth-order valence-electron chi connectivity index (χ4n) is 3.18. The van der Waals surface area contributed by atoms with E-state index >= 15 is 0 Å². The Morgan fingerprint density at radius 2 is 1.95 bits per heavy atom. The lowest BCUT2D eigenvalue weighted by molar-refractivity contribution is 0.670. The largest absolute Gasteiger partial charge is 0.330 e. The van der Waals surface area contributed by atoms with Crippen LogP contribution in [-0.2, 0) is 19.3 Å². The number of hydrogen-bond donors (Lipinski definition) is 1. The highest BCUT2D eigenvalue weighted by molar-refractivity contribution is 7.10. The first kappa shape index (κ1) is 13.8. The molecule has 1 unspecified atom stereocenters. The van der Waals surface area contributed by atoms with Crippen LogP contribution < -0.4 is 5.73 Å². The maximum atomic E-state index is 6.05. The minimum Gasteiger partial charge on any atom is -0.330 e. The van der Waals surface area contributed by atoms with Gasteiger partial charge in [-0.25, -0.2) is 0 Å². The van der Waals surface area contributed by atoms with Gasteiger partial charge in [0.15, 0.2) is 0 Å². The summed E-state index contributed by atoms with van der Waals surface area (Å²) in [7, 11) is 0. The first-order valence-electron chi connectivity index (χ1n) is 7.62. The van der Waals surface area contributed by atoms with Crippen molar-refractivity contribution in [3.63, 3.8) is 0 Å². The molecule has 0 radical (unpaired) electrons. The van der Waals surface area contributed by atoms with Gasteiger partial charge in [-0.3, -0.25) is 0 Å². The van der Waals surface area contributed by atoms with E-state index < -0.39 is 0 Å². The second kappa shape index (κ2) is 6.11. The molecule has 2 heteroatoms. The highest BCUT2D eigenvalue weighted by Gasteiger charge is 2.16. The summed E-state index contributed by atoms with van der Waals surface area (Å²) >= 11 is 1.86. The van der Waals surface area contributed by atoms with Crippen LogP contribution in [-0.4, -0.2) is 6.54 Å². The molecule has 106 valence electrons. The van der Waals surface area contributed by atoms with Gasteiger partial charge < -0.3 is 5.73 Å². The standard InChI is InChI=1S/C18H23NS/c1-13-8-9-20-18(13)11-17(12-19)16-7-6-14-4-2-3-5-15(14)10-16/h6-10,17H,2-5,11-12,19H2,1H3. The van der Waals surface area contributed by atoms with Gasteiger partial charge in [0.2, 0.25) is 0 Å². The van der Waals surface area contributed by atoms with Crippen molar-refractivity contribution in [2.45, 2.75) is 44.9 Å². The summed E-state index contributed by atoms with van der Waals surface area (Å²) in [6, 6.07) is 9.29. The number of thiophene rings is 1. The summed E-state index contributed by atoms with van der Waals surface area (Å²) in [5.74, 6) is 0.458. The molecule has 1 aliphatic rings. The Hall–Kier alpha value is -1.12. The van der Waals surface area contributed by atoms with E-state index in [1.807, 2.05) is 11.3 Å². The van der Waals surface area contributed by atoms with Crippen molar-refractivity contribution in [1.29, 1.82) is 0 Å². The Bertz CT molecular complexity index is 585. The van der Waals surface area contributed by atoms with Gasteiger partial charge in [0, 0.05) is 10.8 Å². The number of fused-ring (bicyclic) bond motifs is 1. The second-order valence-corrected chi connectivity index (χ2v) is 6.90. The third kappa shape index (κ3) is 2.82. The van der Waals surface area contributed by atoms with Crippen LogP contribution in [0.2, 0.25) is 0 Å². The Morgan fingerprint density at radius 1 is 1.15 bits per heavy atom. The molecule has 0 saturated heterocycles. The Kier molecular flexibility index (Phi) is 4.23. The van der Waals surface area contributed by atoms with Crippen molar-refractivity contribution in [1.82, 2.24) is 0 Å². The molecule has 20 heavy (non-hydrogen) atoms. The topological polar surface area (TPSA) is 26.0 Å². The molecule has 0 spiro atoms. The predicted octanol–water partition coefficient (Wildman–Crippen LogP) is 4.22. The molecule has 0 bridgehead atoms. The van der Waals surface area contributed by atoms with Crippen LogP contribution in [0.1, 0.15) is 45.9 Å². The summed E-state index contributed by atoms with van der Waals surface area (Å²) in [5.41, 5.74) is 12.0. The van der Waals surface area contributed by atoms with Crippen LogP contribution in [0, 0.1) is 6.92 Å². The smallest absolute Gasteiger partial charge is 0.00809 e. The fraction of sp³-hybridized carbons (Fsp3) is 0.444. The van der Waals surface area contributed by atoms with E-state index in [2.05, 4.69) is 36.6 Å². The molecule has 1 aromatic heterocycles. The highest BCUT2D eigenvalue weighted by atomic mass is 32.1. The number of hydrogen-bond acceptors (Lipinski definition) is 2. The summed E-state index contributed by atoms with van der Waals surface area (Å²) in [5, 5.41) is 2.19. The quantitative estimate of drug-likeness (QED) is 0.894. The third-order valence-corrected chi connectivity index (χ3v) is 5.57. The zero-order valence-electron chi connectivity index (χ0n) is 12.2. The predicted molar refractivity (Wildman–Crippen MR) is 87.6 cm³/mol. The lowest BCUT2D eigenvalue weighted by Gasteiger charge is -2.20. The van der Waals surface area contributed by atoms with Gasteiger partial charge in [-0.2, -0.15) is 0 Å². The number of nitrogens with two attached hydrogens (primary N) is 1. The molecule has 1 aliphatic carbocycles. The van der Waals surface area contributed by atoms with Gasteiger partial charge in [0.05, 0.1) is 0 Å². The van der Waals surface area contributed by atoms with Crippen LogP contribution in [0.4, 0.5) is 0 Å². The normalized spacial score (nSPS) is 15.9. The molecule has 3 rings (SSSR count). The number of rotatable bonds is 4. The molecule has 0 saturated carbocycles. The summed E-state index contributed by atoms with van der Waals surface area (Å²) in [6.45, 7) is 2.93. The van der Waals surface area contributed by atoms with Gasteiger partial charge in [-0.05, 0) is 79.3 Å². The molecule has 1 aromatic carbocycles. The van der Waals surface area contributed by atoms with Crippen LogP contribution in [0.5, 0.6) is 0 Å². The van der Waals surface area contributed by atoms with E-state index in [-0.39, 0.29) is 0 Å². The van der Waals surface area contributed by atoms with Crippen LogP contribution in [0.3, 0.4) is 0 Å². The zero-order valence-corrected chi connectivity index (χ0v) is 13.0. The summed E-state index contributed by atoms with van der Waals surface area (Å²) in [6.07, 6.45) is 6.28. The SMILES string of the molecule is Cc1ccsc1CC(CN)c1ccc2c(c1)CCCC2. The van der Waals surface area contributed by atoms with Gasteiger partial charge in [-0.1, -0.05) is 18.2 Å². The molecule has 1 heterocycles. The van der Waals surface area contributed by atoms with Crippen LogP contribution in [0.25, 0.3) is 0 Å². The molecular formula is C18H23NS. The molecular weight excluding hydrogens is 262 g/mol. The third-order valence-electron chi connectivity index (χ3n) is 4.53. The van der Waals surface area contributed by atoms with Crippen molar-refractivity contribution < 1.29 is 0 Å². The average Bonchev–Trinajstić information content (AvgIpc) is 2.89. The van der Waals surface area contributed by atoms with E-state index in [0.29, 0.717) is 5.92 Å². The Balaban J connectivity index is 1.84. The lowest BCUT2D eigenvalue weighted by Crippen LogP contribution is -2.16. The number of benzene rings is 1. The number of aryl methyl sites for hydroxylation is 3. The van der Waals surface area contributed by atoms with E-state index in [9.17, 15) is 0 Å². The van der Waals surface area contributed by atoms with E-state index in [0.717, 1.165) is 13.0 Å². The van der Waals surface area contributed by atoms with Crippen LogP contribution in [0.15, 0.2) is 29.6 Å². The molecule has 2 N–H and O–H groups in total. The average molecular weight is 285 g/mol. The molecule has 1 atom stereocenters. The maximum absolute atomic E-state index is 6.05. The zero-order chi connectivity index (χ0) is 13.9. The summed E-state index contributed by atoms with van der Waals surface area (Å²) < 4.78 is 0. The monoisotopic (exact) mass is 285 g/mol. The molecule has 1 nitrogen and oxygen atoms in total. The van der Waals surface area contributed by atoms with Crippen molar-refractivity contribution in [3.8, 4) is 0 Å². The van der Waals surface area contributed by atoms with Crippen molar-refractivity contribution >= 4 is 11.3 Å². The van der Waals surface area contributed by atoms with Gasteiger partial charge in [0.25, 0.3) is 0 Å². The van der Waals surface area contributed by atoms with Crippen LogP contribution >= 0.6 is 11.3 Å². The maximum Gasteiger partial charge on any atom is 0.00809 e. The molecule has 0 aliphatic heterocycles. The Morgan fingerprint density at radius 3 is 2.65 bits per heavy atom. The van der Waals surface area contributed by atoms with Crippen molar-refractivity contribution in [2.75, 3.05) is 6.54 Å². The lowest BCUT2D eigenvalue weighted by atomic mass is 9.86. The van der Waals surface area contributed by atoms with E-state index in [1.165, 1.54) is 41.7 Å². The fourth-order valence-corrected chi connectivity index (χ4v) is 4.17. The van der Waals surface area contributed by atoms with Crippen molar-refractivity contribution in [3.05, 3.63) is 56.8 Å². The van der Waals surface area contributed by atoms with E-state index in [4.69, 9.17) is 5.73 Å². The van der Waals surface area contributed by atoms with Gasteiger partial charge in [0.1, 0.15) is 0 Å². The van der Waals surface area contributed by atoms with E-state index in [1.54, 1.807) is 11.1 Å². The first-order valence-corrected chi connectivity index (χ1v) is 8.50. The second-order valence-electron chi connectivity index (χ2n) is 5.90. The first-order chi connectivity index (χ1) is 9.78. The molecule has 2 aromatic rings. The minimum absolute atomic E-state index is 0.458. The Labute approximate surface area is 125 Å². The highest BCUT2D eigenvalue weighted by Crippen LogP contribution is 2.29. The minimum atomic E-state index is 0.458. The summed E-state index contributed by atoms with van der Waals surface area (Å²) in [4.78, 5) is 1.48. The molecule has 0 fully saturated rings.